The molecule has 1 atom stereocenters. The largest absolute Gasteiger partial charge is 0.445 e. The molecular weight excluding hydrogens is 314 g/mol. The van der Waals surface area contributed by atoms with Crippen molar-refractivity contribution in [2.24, 2.45) is 0 Å². The molecule has 0 fully saturated rings. The quantitative estimate of drug-likeness (QED) is 0.743. The van der Waals surface area contributed by atoms with E-state index in [0.717, 1.165) is 17.5 Å². The Bertz CT molecular complexity index is 685. The Morgan fingerprint density at radius 1 is 0.920 bits per heavy atom. The van der Waals surface area contributed by atoms with Crippen LogP contribution in [0.5, 0.6) is 0 Å². The molecule has 0 spiro atoms. The molecule has 2 aromatic carbocycles. The molecule has 4 nitrogen and oxygen atoms in total. The third kappa shape index (κ3) is 5.19. The highest BCUT2D eigenvalue weighted by Gasteiger charge is 2.25. The van der Waals surface area contributed by atoms with E-state index in [1.54, 1.807) is 4.90 Å². The van der Waals surface area contributed by atoms with Gasteiger partial charge in [-0.15, -0.1) is 0 Å². The van der Waals surface area contributed by atoms with E-state index < -0.39 is 0 Å². The summed E-state index contributed by atoms with van der Waals surface area (Å²) in [5.74, 6) is 0. The van der Waals surface area contributed by atoms with Gasteiger partial charge in [0.2, 0.25) is 0 Å². The second kappa shape index (κ2) is 9.04. The monoisotopic (exact) mass is 337 g/mol. The first-order valence-electron chi connectivity index (χ1n) is 8.57. The summed E-state index contributed by atoms with van der Waals surface area (Å²) in [7, 11) is 0. The van der Waals surface area contributed by atoms with Crippen LogP contribution in [-0.4, -0.2) is 30.2 Å². The minimum atomic E-state index is -0.290. The minimum absolute atomic E-state index is 0.0111. The van der Waals surface area contributed by atoms with Crippen LogP contribution in [0.1, 0.15) is 17.5 Å². The molecule has 1 heterocycles. The normalized spacial score (nSPS) is 16.6. The summed E-state index contributed by atoms with van der Waals surface area (Å²) in [5.41, 5.74) is 2.12. The lowest BCUT2D eigenvalue weighted by Gasteiger charge is -2.32. The van der Waals surface area contributed by atoms with Crippen LogP contribution < -0.4 is 0 Å². The Hall–Kier alpha value is -2.59. The highest BCUT2D eigenvalue weighted by molar-refractivity contribution is 5.68. The van der Waals surface area contributed by atoms with Crippen molar-refractivity contribution in [3.8, 4) is 0 Å². The summed E-state index contributed by atoms with van der Waals surface area (Å²) < 4.78 is 11.3. The summed E-state index contributed by atoms with van der Waals surface area (Å²) in [6, 6.07) is 19.8. The van der Waals surface area contributed by atoms with E-state index in [9.17, 15) is 4.79 Å². The number of rotatable bonds is 6. The first-order valence-corrected chi connectivity index (χ1v) is 8.57. The standard InChI is InChI=1S/C21H23NO3/c23-21(25-16-19-11-5-2-6-12-19)22-14-8-7-13-20(22)17-24-15-18-9-3-1-4-10-18/h1-12,20H,13-17H2/t20-/m0/s1. The molecule has 0 unspecified atom stereocenters. The van der Waals surface area contributed by atoms with Crippen LogP contribution in [0, 0.1) is 0 Å². The van der Waals surface area contributed by atoms with Crippen molar-refractivity contribution in [3.63, 3.8) is 0 Å². The molecule has 0 radical (unpaired) electrons. The van der Waals surface area contributed by atoms with Crippen molar-refractivity contribution >= 4 is 6.09 Å². The van der Waals surface area contributed by atoms with Gasteiger partial charge in [-0.2, -0.15) is 0 Å². The van der Waals surface area contributed by atoms with Crippen molar-refractivity contribution in [3.05, 3.63) is 83.9 Å². The van der Waals surface area contributed by atoms with E-state index in [4.69, 9.17) is 9.47 Å². The van der Waals surface area contributed by atoms with Gasteiger partial charge in [-0.25, -0.2) is 4.79 Å². The number of carbonyl (C=O) groups excluding carboxylic acids is 1. The molecule has 130 valence electrons. The Morgan fingerprint density at radius 3 is 2.24 bits per heavy atom. The maximum Gasteiger partial charge on any atom is 0.410 e. The van der Waals surface area contributed by atoms with Crippen LogP contribution in [0.2, 0.25) is 0 Å². The molecule has 3 rings (SSSR count). The first kappa shape index (κ1) is 17.2. The molecule has 1 aliphatic rings. The van der Waals surface area contributed by atoms with Crippen LogP contribution >= 0.6 is 0 Å². The van der Waals surface area contributed by atoms with Crippen molar-refractivity contribution in [2.75, 3.05) is 13.2 Å². The molecule has 0 bridgehead atoms. The van der Waals surface area contributed by atoms with Crippen LogP contribution in [0.15, 0.2) is 72.8 Å². The third-order valence-corrected chi connectivity index (χ3v) is 4.18. The lowest BCUT2D eigenvalue weighted by atomic mass is 10.1. The Balaban J connectivity index is 1.50. The first-order chi connectivity index (χ1) is 12.3. The Morgan fingerprint density at radius 2 is 1.56 bits per heavy atom. The number of ether oxygens (including phenoxy) is 2. The topological polar surface area (TPSA) is 38.8 Å². The smallest absolute Gasteiger partial charge is 0.410 e. The maximum absolute atomic E-state index is 12.4. The van der Waals surface area contributed by atoms with Gasteiger partial charge >= 0.3 is 6.09 Å². The second-order valence-electron chi connectivity index (χ2n) is 6.05. The van der Waals surface area contributed by atoms with E-state index in [-0.39, 0.29) is 18.7 Å². The van der Waals surface area contributed by atoms with Gasteiger partial charge < -0.3 is 9.47 Å². The zero-order valence-electron chi connectivity index (χ0n) is 14.2. The predicted molar refractivity (Wildman–Crippen MR) is 97.0 cm³/mol. The zero-order valence-corrected chi connectivity index (χ0v) is 14.2. The molecule has 1 amide bonds. The molecule has 1 aliphatic heterocycles. The average molecular weight is 337 g/mol. The van der Waals surface area contributed by atoms with Crippen LogP contribution in [0.3, 0.4) is 0 Å². The summed E-state index contributed by atoms with van der Waals surface area (Å²) in [4.78, 5) is 14.2. The Labute approximate surface area is 148 Å². The van der Waals surface area contributed by atoms with Gasteiger partial charge in [-0.1, -0.05) is 72.8 Å². The highest BCUT2D eigenvalue weighted by atomic mass is 16.6. The maximum atomic E-state index is 12.4. The molecule has 0 aromatic heterocycles. The fourth-order valence-corrected chi connectivity index (χ4v) is 2.79. The zero-order chi connectivity index (χ0) is 17.3. The van der Waals surface area contributed by atoms with Gasteiger partial charge in [-0.3, -0.25) is 4.90 Å². The number of hydrogen-bond donors (Lipinski definition) is 0. The second-order valence-corrected chi connectivity index (χ2v) is 6.05. The van der Waals surface area contributed by atoms with E-state index in [0.29, 0.717) is 19.8 Å². The van der Waals surface area contributed by atoms with Gasteiger partial charge in [0.25, 0.3) is 0 Å². The molecular formula is C21H23NO3. The highest BCUT2D eigenvalue weighted by Crippen LogP contribution is 2.15. The van der Waals surface area contributed by atoms with Gasteiger partial charge in [0.1, 0.15) is 6.61 Å². The summed E-state index contributed by atoms with van der Waals surface area (Å²) in [6.07, 6.45) is 4.59. The third-order valence-electron chi connectivity index (χ3n) is 4.18. The van der Waals surface area contributed by atoms with Crippen LogP contribution in [0.4, 0.5) is 4.79 Å². The number of hydrogen-bond acceptors (Lipinski definition) is 3. The molecule has 0 N–H and O–H groups in total. The molecule has 0 saturated heterocycles. The lowest BCUT2D eigenvalue weighted by Crippen LogP contribution is -2.44. The SMILES string of the molecule is O=C(OCc1ccccc1)N1CC=CC[C@H]1COCc1ccccc1. The van der Waals surface area contributed by atoms with Crippen molar-refractivity contribution in [1.29, 1.82) is 0 Å². The number of carbonyl (C=O) groups is 1. The van der Waals surface area contributed by atoms with Crippen molar-refractivity contribution < 1.29 is 14.3 Å². The van der Waals surface area contributed by atoms with Crippen molar-refractivity contribution in [1.82, 2.24) is 4.90 Å². The van der Waals surface area contributed by atoms with Gasteiger partial charge in [0.15, 0.2) is 0 Å². The number of benzene rings is 2. The fraction of sp³-hybridized carbons (Fsp3) is 0.286. The fourth-order valence-electron chi connectivity index (χ4n) is 2.79. The lowest BCUT2D eigenvalue weighted by molar-refractivity contribution is 0.0372. The predicted octanol–water partition coefficient (Wildman–Crippen LogP) is 4.17. The molecule has 2 aromatic rings. The molecule has 4 heteroatoms. The van der Waals surface area contributed by atoms with Crippen LogP contribution in [0.25, 0.3) is 0 Å². The van der Waals surface area contributed by atoms with E-state index in [1.807, 2.05) is 66.7 Å². The van der Waals surface area contributed by atoms with Gasteiger partial charge in [-0.05, 0) is 17.5 Å². The van der Waals surface area contributed by atoms with Crippen LogP contribution in [-0.2, 0) is 22.7 Å². The molecule has 0 aliphatic carbocycles. The number of amides is 1. The van der Waals surface area contributed by atoms with Gasteiger partial charge in [0.05, 0.1) is 19.3 Å². The van der Waals surface area contributed by atoms with Gasteiger partial charge in [0, 0.05) is 6.54 Å². The Kier molecular flexibility index (Phi) is 6.23. The summed E-state index contributed by atoms with van der Waals surface area (Å²) >= 11 is 0. The molecule has 0 saturated carbocycles. The molecule has 25 heavy (non-hydrogen) atoms. The van der Waals surface area contributed by atoms with E-state index in [2.05, 4.69) is 6.08 Å². The number of nitrogens with zero attached hydrogens (tertiary/aromatic N) is 1. The van der Waals surface area contributed by atoms with Crippen molar-refractivity contribution in [2.45, 2.75) is 25.7 Å². The average Bonchev–Trinajstić information content (AvgIpc) is 2.68. The summed E-state index contributed by atoms with van der Waals surface area (Å²) in [6.45, 7) is 1.90. The van der Waals surface area contributed by atoms with E-state index >= 15 is 0 Å². The summed E-state index contributed by atoms with van der Waals surface area (Å²) in [5, 5.41) is 0. The van der Waals surface area contributed by atoms with E-state index in [1.165, 1.54) is 0 Å². The minimum Gasteiger partial charge on any atom is -0.445 e.